The van der Waals surface area contributed by atoms with E-state index in [-0.39, 0.29) is 11.7 Å². The summed E-state index contributed by atoms with van der Waals surface area (Å²) in [6.45, 7) is 7.10. The Bertz CT molecular complexity index is 1580. The molecule has 1 aromatic carbocycles. The first-order valence-electron chi connectivity index (χ1n) is 12.6. The average Bonchev–Trinajstić information content (AvgIpc) is 3.53. The average molecular weight is 543 g/mol. The lowest BCUT2D eigenvalue weighted by atomic mass is 10.2. The Morgan fingerprint density at radius 3 is 2.49 bits per heavy atom. The SMILES string of the molecule is Cn1c(C(=O)OC(C)(C)C)cnc1CN1CCC(n2c(=O)n(-c3ccc(C(F)(F)F)cc3)c3cccnc32)C1. The van der Waals surface area contributed by atoms with Crippen LogP contribution >= 0.6 is 0 Å². The Kier molecular flexibility index (Phi) is 6.61. The van der Waals surface area contributed by atoms with Crippen LogP contribution in [0.3, 0.4) is 0 Å². The van der Waals surface area contributed by atoms with Crippen LogP contribution in [0.15, 0.2) is 53.6 Å². The number of carbonyl (C=O) groups excluding carboxylic acids is 1. The molecule has 0 amide bonds. The highest BCUT2D eigenvalue weighted by atomic mass is 19.4. The number of rotatable bonds is 5. The fourth-order valence-corrected chi connectivity index (χ4v) is 4.91. The summed E-state index contributed by atoms with van der Waals surface area (Å²) in [4.78, 5) is 37.2. The van der Waals surface area contributed by atoms with Gasteiger partial charge in [0.1, 0.15) is 17.1 Å². The molecule has 5 rings (SSSR count). The number of pyridine rings is 1. The number of ether oxygens (including phenoxy) is 1. The van der Waals surface area contributed by atoms with E-state index >= 15 is 0 Å². The minimum atomic E-state index is -4.47. The zero-order valence-electron chi connectivity index (χ0n) is 22.1. The normalized spacial score (nSPS) is 16.7. The molecule has 206 valence electrons. The molecule has 9 nitrogen and oxygen atoms in total. The van der Waals surface area contributed by atoms with Gasteiger partial charge in [0.15, 0.2) is 5.65 Å². The van der Waals surface area contributed by atoms with Gasteiger partial charge in [-0.25, -0.2) is 19.6 Å². The molecule has 0 aliphatic carbocycles. The zero-order chi connectivity index (χ0) is 28.1. The Hall–Kier alpha value is -3.93. The summed E-state index contributed by atoms with van der Waals surface area (Å²) >= 11 is 0. The van der Waals surface area contributed by atoms with Crippen molar-refractivity contribution in [3.63, 3.8) is 0 Å². The van der Waals surface area contributed by atoms with E-state index < -0.39 is 23.3 Å². The maximum atomic E-state index is 13.6. The summed E-state index contributed by atoms with van der Waals surface area (Å²) in [5.41, 5.74) is -0.0793. The highest BCUT2D eigenvalue weighted by molar-refractivity contribution is 5.87. The van der Waals surface area contributed by atoms with Gasteiger partial charge in [-0.2, -0.15) is 13.2 Å². The summed E-state index contributed by atoms with van der Waals surface area (Å²) in [5, 5.41) is 0. The monoisotopic (exact) mass is 542 g/mol. The fourth-order valence-electron chi connectivity index (χ4n) is 4.91. The predicted molar refractivity (Wildman–Crippen MR) is 138 cm³/mol. The van der Waals surface area contributed by atoms with Crippen molar-refractivity contribution in [2.45, 2.75) is 51.6 Å². The van der Waals surface area contributed by atoms with E-state index in [0.29, 0.717) is 54.4 Å². The number of likely N-dealkylation sites (tertiary alicyclic amines) is 1. The molecule has 0 saturated carbocycles. The van der Waals surface area contributed by atoms with Crippen molar-refractivity contribution in [3.05, 3.63) is 76.4 Å². The highest BCUT2D eigenvalue weighted by Crippen LogP contribution is 2.31. The number of benzene rings is 1. The molecule has 1 fully saturated rings. The summed E-state index contributed by atoms with van der Waals surface area (Å²) in [6.07, 6.45) is -0.698. The lowest BCUT2D eigenvalue weighted by Gasteiger charge is -2.20. The van der Waals surface area contributed by atoms with E-state index in [2.05, 4.69) is 14.9 Å². The van der Waals surface area contributed by atoms with Gasteiger partial charge in [-0.05, 0) is 63.6 Å². The molecular weight excluding hydrogens is 513 g/mol. The van der Waals surface area contributed by atoms with Gasteiger partial charge in [0.25, 0.3) is 0 Å². The first-order chi connectivity index (χ1) is 18.3. The van der Waals surface area contributed by atoms with E-state index in [1.807, 2.05) is 0 Å². The van der Waals surface area contributed by atoms with Gasteiger partial charge in [0.05, 0.1) is 35.6 Å². The molecule has 1 aliphatic heterocycles. The van der Waals surface area contributed by atoms with Crippen molar-refractivity contribution >= 4 is 17.1 Å². The van der Waals surface area contributed by atoms with Gasteiger partial charge in [-0.3, -0.25) is 14.0 Å². The predicted octanol–water partition coefficient (Wildman–Crippen LogP) is 4.34. The van der Waals surface area contributed by atoms with Crippen molar-refractivity contribution in [1.82, 2.24) is 28.6 Å². The minimum absolute atomic E-state index is 0.198. The third-order valence-corrected chi connectivity index (χ3v) is 6.76. The number of hydrogen-bond donors (Lipinski definition) is 0. The summed E-state index contributed by atoms with van der Waals surface area (Å²) < 4.78 is 49.4. The maximum Gasteiger partial charge on any atom is 0.416 e. The highest BCUT2D eigenvalue weighted by Gasteiger charge is 2.32. The number of nitrogens with zero attached hydrogens (tertiary/aromatic N) is 6. The van der Waals surface area contributed by atoms with Crippen molar-refractivity contribution in [2.75, 3.05) is 13.1 Å². The van der Waals surface area contributed by atoms with Crippen LogP contribution in [0.4, 0.5) is 13.2 Å². The van der Waals surface area contributed by atoms with Gasteiger partial charge >= 0.3 is 17.8 Å². The quantitative estimate of drug-likeness (QED) is 0.349. The molecule has 39 heavy (non-hydrogen) atoms. The number of aromatic nitrogens is 5. The second kappa shape index (κ2) is 9.67. The van der Waals surface area contributed by atoms with Crippen molar-refractivity contribution < 1.29 is 22.7 Å². The van der Waals surface area contributed by atoms with Crippen LogP contribution in [0.5, 0.6) is 0 Å². The van der Waals surface area contributed by atoms with Crippen molar-refractivity contribution in [3.8, 4) is 5.69 Å². The Balaban J connectivity index is 1.40. The molecule has 12 heteroatoms. The molecule has 0 radical (unpaired) electrons. The van der Waals surface area contributed by atoms with Gasteiger partial charge < -0.3 is 9.30 Å². The number of alkyl halides is 3. The van der Waals surface area contributed by atoms with Gasteiger partial charge in [0, 0.05) is 26.3 Å². The van der Waals surface area contributed by atoms with Crippen LogP contribution in [0.25, 0.3) is 16.9 Å². The molecule has 1 aliphatic rings. The first kappa shape index (κ1) is 26.7. The molecule has 0 spiro atoms. The van der Waals surface area contributed by atoms with Crippen LogP contribution in [0, 0.1) is 0 Å². The lowest BCUT2D eigenvalue weighted by Crippen LogP contribution is -2.29. The molecule has 0 bridgehead atoms. The Morgan fingerprint density at radius 1 is 1.10 bits per heavy atom. The van der Waals surface area contributed by atoms with E-state index in [0.717, 1.165) is 12.1 Å². The van der Waals surface area contributed by atoms with Crippen LogP contribution in [-0.4, -0.2) is 53.2 Å². The molecular formula is C27H29F3N6O3. The number of esters is 1. The fraction of sp³-hybridized carbons (Fsp3) is 0.407. The summed E-state index contributed by atoms with van der Waals surface area (Å²) in [6, 6.07) is 7.76. The molecule has 1 saturated heterocycles. The molecule has 4 aromatic rings. The van der Waals surface area contributed by atoms with Crippen molar-refractivity contribution in [1.29, 1.82) is 0 Å². The third kappa shape index (κ3) is 5.20. The van der Waals surface area contributed by atoms with Crippen LogP contribution in [0.2, 0.25) is 0 Å². The molecule has 1 unspecified atom stereocenters. The number of hydrogen-bond acceptors (Lipinski definition) is 6. The Morgan fingerprint density at radius 2 is 1.82 bits per heavy atom. The van der Waals surface area contributed by atoms with Crippen LogP contribution in [0.1, 0.15) is 55.1 Å². The zero-order valence-corrected chi connectivity index (χ0v) is 22.1. The van der Waals surface area contributed by atoms with E-state index in [9.17, 15) is 22.8 Å². The topological polar surface area (TPSA) is 87.2 Å². The van der Waals surface area contributed by atoms with Gasteiger partial charge in [0.2, 0.25) is 0 Å². The van der Waals surface area contributed by atoms with E-state index in [1.165, 1.54) is 22.9 Å². The smallest absolute Gasteiger partial charge is 0.416 e. The number of carbonyl (C=O) groups is 1. The largest absolute Gasteiger partial charge is 0.455 e. The maximum absolute atomic E-state index is 13.6. The minimum Gasteiger partial charge on any atom is -0.455 e. The third-order valence-electron chi connectivity index (χ3n) is 6.76. The van der Waals surface area contributed by atoms with Gasteiger partial charge in [-0.1, -0.05) is 0 Å². The molecule has 3 aromatic heterocycles. The van der Waals surface area contributed by atoms with Gasteiger partial charge in [-0.15, -0.1) is 0 Å². The summed E-state index contributed by atoms with van der Waals surface area (Å²) in [7, 11) is 1.77. The van der Waals surface area contributed by atoms with Crippen LogP contribution < -0.4 is 5.69 Å². The summed E-state index contributed by atoms with van der Waals surface area (Å²) in [5.74, 6) is 0.242. The molecule has 0 N–H and O–H groups in total. The Labute approximate surface area is 222 Å². The second-order valence-corrected chi connectivity index (χ2v) is 10.7. The molecule has 1 atom stereocenters. The standard InChI is InChI=1S/C27H29F3N6O3/c1-26(2,3)39-24(37)21-14-32-22(33(21)4)16-34-13-11-19(15-34)36-23-20(6-5-12-31-23)35(25(36)38)18-9-7-17(8-10-18)27(28,29)30/h5-10,12,14,19H,11,13,15-16H2,1-4H3. The lowest BCUT2D eigenvalue weighted by molar-refractivity contribution is -0.137. The van der Waals surface area contributed by atoms with E-state index in [1.54, 1.807) is 55.3 Å². The number of fused-ring (bicyclic) bond motifs is 1. The van der Waals surface area contributed by atoms with Crippen molar-refractivity contribution in [2.24, 2.45) is 7.05 Å². The van der Waals surface area contributed by atoms with Crippen LogP contribution in [-0.2, 0) is 24.5 Å². The number of imidazole rings is 2. The second-order valence-electron chi connectivity index (χ2n) is 10.7. The molecule has 4 heterocycles. The number of halogens is 3. The van der Waals surface area contributed by atoms with E-state index in [4.69, 9.17) is 4.74 Å². The first-order valence-corrected chi connectivity index (χ1v) is 12.6.